The van der Waals surface area contributed by atoms with Crippen molar-refractivity contribution >= 4 is 5.91 Å². The highest BCUT2D eigenvalue weighted by atomic mass is 16.2. The number of pyridine rings is 2. The molecular formula is C21H23N5O. The normalized spacial score (nSPS) is 11.8. The minimum Gasteiger partial charge on any atom is -0.335 e. The summed E-state index contributed by atoms with van der Waals surface area (Å²) in [7, 11) is 1.82. The summed E-state index contributed by atoms with van der Waals surface area (Å²) in [6.45, 7) is 2.15. The molecule has 0 bridgehead atoms. The van der Waals surface area contributed by atoms with Crippen LogP contribution in [-0.2, 0) is 0 Å². The maximum absolute atomic E-state index is 13.0. The van der Waals surface area contributed by atoms with E-state index in [2.05, 4.69) is 26.9 Å². The van der Waals surface area contributed by atoms with Crippen LogP contribution in [0, 0.1) is 0 Å². The van der Waals surface area contributed by atoms with Crippen molar-refractivity contribution in [1.29, 1.82) is 0 Å². The van der Waals surface area contributed by atoms with Crippen molar-refractivity contribution in [3.8, 4) is 11.4 Å². The van der Waals surface area contributed by atoms with E-state index in [0.29, 0.717) is 11.4 Å². The van der Waals surface area contributed by atoms with E-state index in [-0.39, 0.29) is 11.9 Å². The molecular weight excluding hydrogens is 338 g/mol. The number of amides is 1. The zero-order valence-corrected chi connectivity index (χ0v) is 15.6. The molecule has 138 valence electrons. The molecule has 3 heterocycles. The molecule has 0 saturated heterocycles. The van der Waals surface area contributed by atoms with Gasteiger partial charge in [-0.15, -0.1) is 0 Å². The van der Waals surface area contributed by atoms with Crippen LogP contribution in [0.15, 0.2) is 61.4 Å². The molecule has 3 rings (SSSR count). The van der Waals surface area contributed by atoms with Gasteiger partial charge in [0.1, 0.15) is 0 Å². The Balaban J connectivity index is 1.80. The van der Waals surface area contributed by atoms with E-state index < -0.39 is 0 Å². The van der Waals surface area contributed by atoms with Crippen LogP contribution in [-0.4, -0.2) is 37.8 Å². The summed E-state index contributed by atoms with van der Waals surface area (Å²) < 4.78 is 0. The van der Waals surface area contributed by atoms with Crippen LogP contribution in [0.25, 0.3) is 11.4 Å². The number of carbonyl (C=O) groups is 1. The molecule has 0 aliphatic heterocycles. The van der Waals surface area contributed by atoms with Crippen molar-refractivity contribution in [3.63, 3.8) is 0 Å². The average Bonchev–Trinajstić information content (AvgIpc) is 2.75. The largest absolute Gasteiger partial charge is 0.335 e. The van der Waals surface area contributed by atoms with Gasteiger partial charge in [0.2, 0.25) is 0 Å². The number of unbranched alkanes of at least 4 members (excludes halogenated alkanes) is 1. The first-order valence-corrected chi connectivity index (χ1v) is 9.10. The van der Waals surface area contributed by atoms with Gasteiger partial charge in [-0.2, -0.15) is 0 Å². The van der Waals surface area contributed by atoms with Crippen molar-refractivity contribution < 1.29 is 4.79 Å². The summed E-state index contributed by atoms with van der Waals surface area (Å²) in [5.74, 6) is 0.454. The number of hydrogen-bond donors (Lipinski definition) is 0. The topological polar surface area (TPSA) is 71.9 Å². The Labute approximate surface area is 159 Å². The third-order valence-electron chi connectivity index (χ3n) is 4.51. The lowest BCUT2D eigenvalue weighted by atomic mass is 10.0. The second kappa shape index (κ2) is 8.98. The predicted molar refractivity (Wildman–Crippen MR) is 104 cm³/mol. The van der Waals surface area contributed by atoms with Gasteiger partial charge in [0.05, 0.1) is 11.6 Å². The predicted octanol–water partition coefficient (Wildman–Crippen LogP) is 3.94. The third-order valence-corrected chi connectivity index (χ3v) is 4.51. The van der Waals surface area contributed by atoms with Gasteiger partial charge in [-0.05, 0) is 30.2 Å². The van der Waals surface area contributed by atoms with E-state index in [4.69, 9.17) is 0 Å². The van der Waals surface area contributed by atoms with Crippen LogP contribution in [0.2, 0.25) is 0 Å². The zero-order valence-electron chi connectivity index (χ0n) is 15.6. The van der Waals surface area contributed by atoms with E-state index in [9.17, 15) is 4.79 Å². The first-order chi connectivity index (χ1) is 13.2. The van der Waals surface area contributed by atoms with E-state index in [0.717, 1.165) is 30.4 Å². The number of aromatic nitrogens is 4. The molecule has 1 unspecified atom stereocenters. The van der Waals surface area contributed by atoms with Gasteiger partial charge in [-0.1, -0.05) is 25.8 Å². The highest BCUT2D eigenvalue weighted by molar-refractivity contribution is 5.93. The minimum atomic E-state index is -0.0994. The second-order valence-electron chi connectivity index (χ2n) is 6.40. The molecule has 0 fully saturated rings. The Kier molecular flexibility index (Phi) is 6.20. The number of hydrogen-bond acceptors (Lipinski definition) is 5. The van der Waals surface area contributed by atoms with Gasteiger partial charge in [-0.3, -0.25) is 14.8 Å². The van der Waals surface area contributed by atoms with Crippen LogP contribution in [0.4, 0.5) is 0 Å². The lowest BCUT2D eigenvalue weighted by Crippen LogP contribution is -2.31. The molecule has 0 spiro atoms. The summed E-state index contributed by atoms with van der Waals surface area (Å²) in [6.07, 6.45) is 13.1. The molecule has 0 aliphatic carbocycles. The standard InChI is InChI=1S/C21H23N5O/c1-3-4-9-19(16-7-5-10-22-12-16)26(2)21(27)18-14-24-20(25-15-18)17-8-6-11-23-13-17/h5-8,10-15,19H,3-4,9H2,1-2H3. The Hall–Kier alpha value is -3.15. The lowest BCUT2D eigenvalue weighted by molar-refractivity contribution is 0.0719. The monoisotopic (exact) mass is 361 g/mol. The Morgan fingerprint density at radius 3 is 2.33 bits per heavy atom. The van der Waals surface area contributed by atoms with Crippen molar-refractivity contribution in [1.82, 2.24) is 24.8 Å². The third kappa shape index (κ3) is 4.53. The molecule has 0 radical (unpaired) electrons. The SMILES string of the molecule is CCCCC(c1cccnc1)N(C)C(=O)c1cnc(-c2cccnc2)nc1. The van der Waals surface area contributed by atoms with Gasteiger partial charge in [0.15, 0.2) is 5.82 Å². The van der Waals surface area contributed by atoms with E-state index in [1.165, 1.54) is 0 Å². The van der Waals surface area contributed by atoms with Crippen LogP contribution in [0.1, 0.15) is 48.1 Å². The van der Waals surface area contributed by atoms with Crippen LogP contribution < -0.4 is 0 Å². The molecule has 6 heteroatoms. The summed E-state index contributed by atoms with van der Waals surface area (Å²) in [5, 5.41) is 0. The highest BCUT2D eigenvalue weighted by Crippen LogP contribution is 2.26. The molecule has 3 aromatic rings. The quantitative estimate of drug-likeness (QED) is 0.637. The fourth-order valence-electron chi connectivity index (χ4n) is 2.98. The van der Waals surface area contributed by atoms with Gasteiger partial charge in [-0.25, -0.2) is 9.97 Å². The maximum Gasteiger partial charge on any atom is 0.257 e. The number of rotatable bonds is 7. The van der Waals surface area contributed by atoms with Crippen LogP contribution in [0.3, 0.4) is 0 Å². The van der Waals surface area contributed by atoms with Crippen molar-refractivity contribution in [2.24, 2.45) is 0 Å². The average molecular weight is 361 g/mol. The van der Waals surface area contributed by atoms with Crippen LogP contribution in [0.5, 0.6) is 0 Å². The zero-order chi connectivity index (χ0) is 19.1. The van der Waals surface area contributed by atoms with Crippen molar-refractivity contribution in [2.45, 2.75) is 32.2 Å². The maximum atomic E-state index is 13.0. The molecule has 1 amide bonds. The van der Waals surface area contributed by atoms with Crippen molar-refractivity contribution in [3.05, 3.63) is 72.6 Å². The fraction of sp³-hybridized carbons (Fsp3) is 0.286. The van der Waals surface area contributed by atoms with Crippen LogP contribution >= 0.6 is 0 Å². The molecule has 0 aromatic carbocycles. The smallest absolute Gasteiger partial charge is 0.257 e. The van der Waals surface area contributed by atoms with Gasteiger partial charge in [0, 0.05) is 49.8 Å². The molecule has 0 N–H and O–H groups in total. The van der Waals surface area contributed by atoms with E-state index >= 15 is 0 Å². The van der Waals surface area contributed by atoms with Crippen molar-refractivity contribution in [2.75, 3.05) is 7.05 Å². The van der Waals surface area contributed by atoms with E-state index in [1.807, 2.05) is 37.5 Å². The fourth-order valence-corrected chi connectivity index (χ4v) is 2.98. The first-order valence-electron chi connectivity index (χ1n) is 9.10. The highest BCUT2D eigenvalue weighted by Gasteiger charge is 2.23. The molecule has 0 saturated carbocycles. The lowest BCUT2D eigenvalue weighted by Gasteiger charge is -2.28. The first kappa shape index (κ1) is 18.6. The summed E-state index contributed by atoms with van der Waals surface area (Å²) >= 11 is 0. The molecule has 3 aromatic heterocycles. The summed E-state index contributed by atoms with van der Waals surface area (Å²) in [6, 6.07) is 7.61. The minimum absolute atomic E-state index is 0.0239. The second-order valence-corrected chi connectivity index (χ2v) is 6.40. The van der Waals surface area contributed by atoms with Gasteiger partial charge < -0.3 is 4.90 Å². The molecule has 0 aliphatic rings. The van der Waals surface area contributed by atoms with Gasteiger partial charge >= 0.3 is 0 Å². The molecule has 6 nitrogen and oxygen atoms in total. The van der Waals surface area contributed by atoms with Gasteiger partial charge in [0.25, 0.3) is 5.91 Å². The number of carbonyl (C=O) groups excluding carboxylic acids is 1. The molecule has 1 atom stereocenters. The Bertz CT molecular complexity index is 853. The van der Waals surface area contributed by atoms with E-state index in [1.54, 1.807) is 35.9 Å². The Morgan fingerprint density at radius 2 is 1.74 bits per heavy atom. The Morgan fingerprint density at radius 1 is 1.04 bits per heavy atom. The summed E-state index contributed by atoms with van der Waals surface area (Å²) in [5.41, 5.74) is 2.33. The molecule has 27 heavy (non-hydrogen) atoms. The number of nitrogens with zero attached hydrogens (tertiary/aromatic N) is 5. The summed E-state index contributed by atoms with van der Waals surface area (Å²) in [4.78, 5) is 31.7.